The minimum absolute atomic E-state index is 0.204. The van der Waals surface area contributed by atoms with Crippen LogP contribution in [-0.4, -0.2) is 34.0 Å². The van der Waals surface area contributed by atoms with Crippen LogP contribution in [0.15, 0.2) is 29.2 Å². The smallest absolute Gasteiger partial charge is 0.247 e. The maximum Gasteiger partial charge on any atom is 0.247 e. The van der Waals surface area contributed by atoms with Gasteiger partial charge >= 0.3 is 0 Å². The van der Waals surface area contributed by atoms with Gasteiger partial charge in [-0.2, -0.15) is 9.40 Å². The number of nitrogens with zero attached hydrogens (tertiary/aromatic N) is 4. The third-order valence-electron chi connectivity index (χ3n) is 5.06. The van der Waals surface area contributed by atoms with Gasteiger partial charge < -0.3 is 0 Å². The number of benzene rings is 1. The van der Waals surface area contributed by atoms with Crippen LogP contribution in [0.2, 0.25) is 0 Å². The zero-order valence-corrected chi connectivity index (χ0v) is 16.8. The van der Waals surface area contributed by atoms with E-state index in [0.717, 1.165) is 34.5 Å². The fourth-order valence-electron chi connectivity index (χ4n) is 3.72. The molecule has 1 aliphatic rings. The summed E-state index contributed by atoms with van der Waals surface area (Å²) in [6, 6.07) is 7.76. The van der Waals surface area contributed by atoms with Crippen molar-refractivity contribution in [3.8, 4) is 0 Å². The summed E-state index contributed by atoms with van der Waals surface area (Å²) in [5, 5.41) is 5.19. The third kappa shape index (κ3) is 2.76. The molecule has 26 heavy (non-hydrogen) atoms. The van der Waals surface area contributed by atoms with Crippen LogP contribution in [-0.2, 0) is 17.1 Å². The molecule has 1 aliphatic heterocycles. The number of hydrogen-bond acceptors (Lipinski definition) is 5. The van der Waals surface area contributed by atoms with Crippen molar-refractivity contribution in [2.75, 3.05) is 6.54 Å². The molecular weight excluding hydrogens is 368 g/mol. The third-order valence-corrected chi connectivity index (χ3v) is 8.36. The molecule has 1 aromatic carbocycles. The van der Waals surface area contributed by atoms with Gasteiger partial charge in [-0.3, -0.25) is 4.68 Å². The lowest BCUT2D eigenvalue weighted by Crippen LogP contribution is -2.38. The minimum atomic E-state index is -3.62. The summed E-state index contributed by atoms with van der Waals surface area (Å²) in [5.41, 5.74) is 2.17. The van der Waals surface area contributed by atoms with E-state index in [4.69, 9.17) is 4.98 Å². The quantitative estimate of drug-likeness (QED) is 0.686. The lowest BCUT2D eigenvalue weighted by molar-refractivity contribution is 0.255. The van der Waals surface area contributed by atoms with E-state index >= 15 is 0 Å². The van der Waals surface area contributed by atoms with Gasteiger partial charge in [0.15, 0.2) is 0 Å². The number of rotatable bonds is 3. The lowest BCUT2D eigenvalue weighted by atomic mass is 10.1. The second-order valence-electron chi connectivity index (χ2n) is 6.77. The van der Waals surface area contributed by atoms with Crippen molar-refractivity contribution in [1.82, 2.24) is 19.1 Å². The van der Waals surface area contributed by atoms with Gasteiger partial charge in [-0.25, -0.2) is 13.4 Å². The van der Waals surface area contributed by atoms with Crippen molar-refractivity contribution < 1.29 is 8.42 Å². The highest BCUT2D eigenvalue weighted by molar-refractivity contribution is 7.89. The fraction of sp³-hybridized carbons (Fsp3) is 0.444. The molecule has 0 N–H and O–H groups in total. The number of fused-ring (bicyclic) bond motifs is 1. The highest BCUT2D eigenvalue weighted by Gasteiger charge is 2.38. The first-order chi connectivity index (χ1) is 12.4. The van der Waals surface area contributed by atoms with Crippen molar-refractivity contribution in [2.45, 2.75) is 44.0 Å². The largest absolute Gasteiger partial charge is 0.271 e. The topological polar surface area (TPSA) is 68.1 Å². The summed E-state index contributed by atoms with van der Waals surface area (Å²) in [6.07, 6.45) is 2.69. The molecule has 2 aromatic heterocycles. The van der Waals surface area contributed by atoms with Gasteiger partial charge in [-0.1, -0.05) is 18.6 Å². The van der Waals surface area contributed by atoms with Gasteiger partial charge in [0.2, 0.25) is 10.0 Å². The van der Waals surface area contributed by atoms with Crippen LogP contribution in [0.4, 0.5) is 0 Å². The molecule has 6 nitrogen and oxygen atoms in total. The van der Waals surface area contributed by atoms with Crippen molar-refractivity contribution in [3.05, 3.63) is 40.7 Å². The molecule has 0 spiro atoms. The van der Waals surface area contributed by atoms with Crippen LogP contribution in [0.25, 0.3) is 10.2 Å². The van der Waals surface area contributed by atoms with E-state index in [1.54, 1.807) is 34.3 Å². The van der Waals surface area contributed by atoms with Gasteiger partial charge in [-0.05, 0) is 38.8 Å². The molecule has 0 unspecified atom stereocenters. The highest BCUT2D eigenvalue weighted by atomic mass is 32.2. The molecule has 8 heteroatoms. The Labute approximate surface area is 157 Å². The first-order valence-corrected chi connectivity index (χ1v) is 11.0. The molecule has 1 atom stereocenters. The van der Waals surface area contributed by atoms with Gasteiger partial charge in [-0.15, -0.1) is 11.3 Å². The molecule has 4 rings (SSSR count). The van der Waals surface area contributed by atoms with Crippen molar-refractivity contribution >= 4 is 31.6 Å². The van der Waals surface area contributed by atoms with Crippen LogP contribution in [0.3, 0.4) is 0 Å². The van der Waals surface area contributed by atoms with Crippen LogP contribution in [0, 0.1) is 13.8 Å². The number of sulfonamides is 1. The molecule has 3 heterocycles. The van der Waals surface area contributed by atoms with E-state index in [1.807, 2.05) is 31.2 Å². The van der Waals surface area contributed by atoms with Crippen LogP contribution < -0.4 is 0 Å². The van der Waals surface area contributed by atoms with E-state index < -0.39 is 10.0 Å². The first-order valence-electron chi connectivity index (χ1n) is 8.77. The van der Waals surface area contributed by atoms with E-state index in [0.29, 0.717) is 22.8 Å². The Morgan fingerprint density at radius 2 is 1.96 bits per heavy atom. The standard InChI is InChI=1S/C18H22N4O2S2/c1-12-17(13(2)21(3)20-12)26(23,24)22-11-7-6-9-15(22)18-19-14-8-4-5-10-16(14)25-18/h4-5,8,10,15H,6-7,9,11H2,1-3H3/t15-/m1/s1. The summed E-state index contributed by atoms with van der Waals surface area (Å²) >= 11 is 1.59. The van der Waals surface area contributed by atoms with E-state index in [1.165, 1.54) is 0 Å². The Morgan fingerprint density at radius 1 is 1.19 bits per heavy atom. The maximum atomic E-state index is 13.5. The number of hydrogen-bond donors (Lipinski definition) is 0. The number of piperidine rings is 1. The summed E-state index contributed by atoms with van der Waals surface area (Å²) in [7, 11) is -1.84. The molecule has 0 aliphatic carbocycles. The monoisotopic (exact) mass is 390 g/mol. The molecular formula is C18H22N4O2S2. The second-order valence-corrected chi connectivity index (χ2v) is 9.66. The molecule has 1 saturated heterocycles. The Balaban J connectivity index is 1.80. The summed E-state index contributed by atoms with van der Waals surface area (Å²) in [5.74, 6) is 0. The summed E-state index contributed by atoms with van der Waals surface area (Å²) in [6.45, 7) is 4.09. The Kier molecular flexibility index (Phi) is 4.37. The van der Waals surface area contributed by atoms with Crippen molar-refractivity contribution in [3.63, 3.8) is 0 Å². The molecule has 1 fully saturated rings. The normalized spacial score (nSPS) is 19.3. The van der Waals surface area contributed by atoms with Crippen molar-refractivity contribution in [1.29, 1.82) is 0 Å². The second kappa shape index (κ2) is 6.44. The van der Waals surface area contributed by atoms with E-state index in [9.17, 15) is 8.42 Å². The molecule has 0 bridgehead atoms. The summed E-state index contributed by atoms with van der Waals surface area (Å²) in [4.78, 5) is 5.08. The number of para-hydroxylation sites is 1. The minimum Gasteiger partial charge on any atom is -0.271 e. The Bertz CT molecular complexity index is 1040. The molecule has 0 amide bonds. The van der Waals surface area contributed by atoms with Gasteiger partial charge in [0.05, 0.1) is 27.6 Å². The zero-order valence-electron chi connectivity index (χ0n) is 15.1. The van der Waals surface area contributed by atoms with Crippen LogP contribution >= 0.6 is 11.3 Å². The highest BCUT2D eigenvalue weighted by Crippen LogP contribution is 2.39. The molecule has 3 aromatic rings. The zero-order chi connectivity index (χ0) is 18.5. The average molecular weight is 391 g/mol. The van der Waals surface area contributed by atoms with Crippen molar-refractivity contribution in [2.24, 2.45) is 7.05 Å². The molecule has 0 saturated carbocycles. The van der Waals surface area contributed by atoms with Gasteiger partial charge in [0, 0.05) is 13.6 Å². The van der Waals surface area contributed by atoms with Crippen LogP contribution in [0.5, 0.6) is 0 Å². The van der Waals surface area contributed by atoms with Crippen LogP contribution in [0.1, 0.15) is 41.7 Å². The van der Waals surface area contributed by atoms with E-state index in [-0.39, 0.29) is 6.04 Å². The first kappa shape index (κ1) is 17.6. The number of aryl methyl sites for hydroxylation is 2. The van der Waals surface area contributed by atoms with E-state index in [2.05, 4.69) is 5.10 Å². The van der Waals surface area contributed by atoms with Gasteiger partial charge in [0.1, 0.15) is 9.90 Å². The lowest BCUT2D eigenvalue weighted by Gasteiger charge is -2.33. The number of aromatic nitrogens is 3. The summed E-state index contributed by atoms with van der Waals surface area (Å²) < 4.78 is 31.4. The van der Waals surface area contributed by atoms with Gasteiger partial charge in [0.25, 0.3) is 0 Å². The Morgan fingerprint density at radius 3 is 2.65 bits per heavy atom. The SMILES string of the molecule is Cc1nn(C)c(C)c1S(=O)(=O)N1CCCC[C@@H]1c1nc2ccccc2s1. The maximum absolute atomic E-state index is 13.5. The predicted molar refractivity (Wildman–Crippen MR) is 103 cm³/mol. The number of thiazole rings is 1. The predicted octanol–water partition coefficient (Wildman–Crippen LogP) is 3.56. The fourth-order valence-corrected chi connectivity index (χ4v) is 6.96. The Hall–Kier alpha value is -1.77. The molecule has 138 valence electrons. The average Bonchev–Trinajstić information content (AvgIpc) is 3.16. The molecule has 0 radical (unpaired) electrons.